The van der Waals surface area contributed by atoms with Crippen molar-refractivity contribution in [3.8, 4) is 0 Å². The van der Waals surface area contributed by atoms with Gasteiger partial charge >= 0.3 is 0 Å². The average Bonchev–Trinajstić information content (AvgIpc) is 2.81. The zero-order valence-electron chi connectivity index (χ0n) is 19.8. The third-order valence-corrected chi connectivity index (χ3v) is 9.34. The SMILES string of the molecule is CCn1cc(C(=O)N[C@H]2CCCC[C@H]2C)c(=O)c2cc(S(=O)(=O)N3CCC(C)CC3)ccc21. The molecule has 1 aliphatic carbocycles. The molecule has 1 saturated heterocycles. The van der Waals surface area contributed by atoms with Gasteiger partial charge in [0.1, 0.15) is 5.56 Å². The topological polar surface area (TPSA) is 88.5 Å². The third kappa shape index (κ3) is 4.73. The van der Waals surface area contributed by atoms with Crippen LogP contribution in [0.2, 0.25) is 0 Å². The number of aryl methyl sites for hydroxylation is 1. The molecule has 2 heterocycles. The van der Waals surface area contributed by atoms with E-state index >= 15 is 0 Å². The van der Waals surface area contributed by atoms with Crippen molar-refractivity contribution in [3.63, 3.8) is 0 Å². The fourth-order valence-electron chi connectivity index (χ4n) is 5.11. The van der Waals surface area contributed by atoms with Crippen LogP contribution in [0.15, 0.2) is 34.1 Å². The minimum atomic E-state index is -3.69. The molecule has 1 amide bonds. The molecule has 8 heteroatoms. The summed E-state index contributed by atoms with van der Waals surface area (Å²) in [5.41, 5.74) is 0.291. The highest BCUT2D eigenvalue weighted by Gasteiger charge is 2.29. The third-order valence-electron chi connectivity index (χ3n) is 7.45. The van der Waals surface area contributed by atoms with E-state index in [0.717, 1.165) is 32.1 Å². The number of benzene rings is 1. The number of pyridine rings is 1. The number of aromatic nitrogens is 1. The van der Waals surface area contributed by atoms with Gasteiger partial charge in [-0.1, -0.05) is 26.7 Å². The van der Waals surface area contributed by atoms with Gasteiger partial charge in [-0.3, -0.25) is 9.59 Å². The molecule has 1 aromatic carbocycles. The Balaban J connectivity index is 1.72. The number of nitrogens with one attached hydrogen (secondary N) is 1. The number of nitrogens with zero attached hydrogens (tertiary/aromatic N) is 2. The molecule has 1 N–H and O–H groups in total. The van der Waals surface area contributed by atoms with Crippen molar-refractivity contribution in [1.29, 1.82) is 0 Å². The van der Waals surface area contributed by atoms with Gasteiger partial charge in [0.25, 0.3) is 5.91 Å². The maximum absolute atomic E-state index is 13.4. The highest BCUT2D eigenvalue weighted by Crippen LogP contribution is 2.26. The summed E-state index contributed by atoms with van der Waals surface area (Å²) in [6.45, 7) is 7.74. The summed E-state index contributed by atoms with van der Waals surface area (Å²) in [7, 11) is -3.69. The van der Waals surface area contributed by atoms with E-state index in [2.05, 4.69) is 19.2 Å². The van der Waals surface area contributed by atoms with Crippen LogP contribution in [-0.2, 0) is 16.6 Å². The minimum Gasteiger partial charge on any atom is -0.349 e. The lowest BCUT2D eigenvalue weighted by atomic mass is 9.86. The van der Waals surface area contributed by atoms with Gasteiger partial charge in [-0.2, -0.15) is 4.31 Å². The molecule has 0 spiro atoms. The molecule has 1 aliphatic heterocycles. The Kier molecular flexibility index (Phi) is 6.96. The lowest BCUT2D eigenvalue weighted by Crippen LogP contribution is -2.42. The highest BCUT2D eigenvalue weighted by molar-refractivity contribution is 7.89. The number of rotatable bonds is 5. The van der Waals surface area contributed by atoms with Crippen molar-refractivity contribution in [2.75, 3.05) is 13.1 Å². The van der Waals surface area contributed by atoms with Gasteiger partial charge in [0.05, 0.1) is 10.4 Å². The number of fused-ring (bicyclic) bond motifs is 1. The summed E-state index contributed by atoms with van der Waals surface area (Å²) in [6.07, 6.45) is 7.49. The first kappa shape index (κ1) is 24.0. The van der Waals surface area contributed by atoms with Gasteiger partial charge in [0.2, 0.25) is 15.5 Å². The zero-order chi connectivity index (χ0) is 23.8. The first-order valence-electron chi connectivity index (χ1n) is 12.2. The number of sulfonamides is 1. The number of amides is 1. The highest BCUT2D eigenvalue weighted by atomic mass is 32.2. The first-order chi connectivity index (χ1) is 15.7. The standard InChI is InChI=1S/C25H35N3O4S/c1-4-27-16-21(25(30)26-22-8-6-5-7-18(22)3)24(29)20-15-19(9-10-23(20)27)33(31,32)28-13-11-17(2)12-14-28/h9-10,15-18,22H,4-8,11-14H2,1-3H3,(H,26,30)/t18-,22+/m1/s1. The molecule has 0 bridgehead atoms. The van der Waals surface area contributed by atoms with Crippen LogP contribution in [0.4, 0.5) is 0 Å². The molecule has 33 heavy (non-hydrogen) atoms. The van der Waals surface area contributed by atoms with Gasteiger partial charge in [0.15, 0.2) is 0 Å². The second kappa shape index (κ2) is 9.58. The van der Waals surface area contributed by atoms with E-state index < -0.39 is 15.5 Å². The molecule has 0 radical (unpaired) electrons. The summed E-state index contributed by atoms with van der Waals surface area (Å²) in [5, 5.41) is 3.33. The number of hydrogen-bond donors (Lipinski definition) is 1. The van der Waals surface area contributed by atoms with Crippen LogP contribution in [0.5, 0.6) is 0 Å². The lowest BCUT2D eigenvalue weighted by molar-refractivity contribution is 0.0908. The number of hydrogen-bond acceptors (Lipinski definition) is 4. The second-order valence-corrected chi connectivity index (χ2v) is 11.7. The van der Waals surface area contributed by atoms with Crippen molar-refractivity contribution in [2.24, 2.45) is 11.8 Å². The Morgan fingerprint density at radius 3 is 2.45 bits per heavy atom. The summed E-state index contributed by atoms with van der Waals surface area (Å²) < 4.78 is 29.9. The zero-order valence-corrected chi connectivity index (χ0v) is 20.7. The number of carbonyl (C=O) groups excluding carboxylic acids is 1. The largest absolute Gasteiger partial charge is 0.349 e. The van der Waals surface area contributed by atoms with E-state index in [1.165, 1.54) is 16.8 Å². The minimum absolute atomic E-state index is 0.0598. The Bertz CT molecular complexity index is 1200. The molecular weight excluding hydrogens is 438 g/mol. The molecule has 0 unspecified atom stereocenters. The normalized spacial score (nSPS) is 23.0. The Morgan fingerprint density at radius 2 is 1.79 bits per heavy atom. The molecule has 2 aliphatic rings. The van der Waals surface area contributed by atoms with Crippen LogP contribution < -0.4 is 10.7 Å². The van der Waals surface area contributed by atoms with Gasteiger partial charge < -0.3 is 9.88 Å². The predicted octanol–water partition coefficient (Wildman–Crippen LogP) is 3.75. The average molecular weight is 474 g/mol. The summed E-state index contributed by atoms with van der Waals surface area (Å²) in [6, 6.07) is 4.77. The van der Waals surface area contributed by atoms with Gasteiger partial charge in [-0.25, -0.2) is 8.42 Å². The summed E-state index contributed by atoms with van der Waals surface area (Å²) >= 11 is 0. The van der Waals surface area contributed by atoms with E-state index in [9.17, 15) is 18.0 Å². The van der Waals surface area contributed by atoms with Crippen molar-refractivity contribution in [2.45, 2.75) is 76.8 Å². The fourth-order valence-corrected chi connectivity index (χ4v) is 6.61. The van der Waals surface area contributed by atoms with Crippen LogP contribution in [0.25, 0.3) is 10.9 Å². The van der Waals surface area contributed by atoms with E-state index in [-0.39, 0.29) is 27.8 Å². The van der Waals surface area contributed by atoms with Crippen LogP contribution >= 0.6 is 0 Å². The quantitative estimate of drug-likeness (QED) is 0.716. The molecule has 2 aromatic rings. The van der Waals surface area contributed by atoms with E-state index in [4.69, 9.17) is 0 Å². The Labute approximate surface area is 196 Å². The van der Waals surface area contributed by atoms with Crippen LogP contribution in [0, 0.1) is 11.8 Å². The molecule has 1 aromatic heterocycles. The monoisotopic (exact) mass is 473 g/mol. The van der Waals surface area contributed by atoms with Crippen LogP contribution in [0.3, 0.4) is 0 Å². The van der Waals surface area contributed by atoms with Gasteiger partial charge in [0, 0.05) is 37.3 Å². The predicted molar refractivity (Wildman–Crippen MR) is 130 cm³/mol. The maximum atomic E-state index is 13.4. The van der Waals surface area contributed by atoms with Crippen molar-refractivity contribution < 1.29 is 13.2 Å². The fraction of sp³-hybridized carbons (Fsp3) is 0.600. The Hall–Kier alpha value is -2.19. The molecule has 180 valence electrons. The van der Waals surface area contributed by atoms with Crippen molar-refractivity contribution >= 4 is 26.8 Å². The second-order valence-electron chi connectivity index (χ2n) is 9.77. The molecule has 4 rings (SSSR count). The van der Waals surface area contributed by atoms with Crippen molar-refractivity contribution in [1.82, 2.24) is 14.2 Å². The smallest absolute Gasteiger partial charge is 0.256 e. The molecular formula is C25H35N3O4S. The van der Waals surface area contributed by atoms with Crippen molar-refractivity contribution in [3.05, 3.63) is 40.2 Å². The van der Waals surface area contributed by atoms with E-state index in [1.807, 2.05) is 11.5 Å². The van der Waals surface area contributed by atoms with Crippen LogP contribution in [-0.4, -0.2) is 42.3 Å². The number of carbonyl (C=O) groups is 1. The Morgan fingerprint density at radius 1 is 1.09 bits per heavy atom. The summed E-state index contributed by atoms with van der Waals surface area (Å²) in [5.74, 6) is 0.513. The van der Waals surface area contributed by atoms with E-state index in [0.29, 0.717) is 37.0 Å². The number of piperidine rings is 1. The van der Waals surface area contributed by atoms with Crippen LogP contribution in [0.1, 0.15) is 69.7 Å². The van der Waals surface area contributed by atoms with E-state index in [1.54, 1.807) is 18.3 Å². The van der Waals surface area contributed by atoms with Gasteiger partial charge in [-0.15, -0.1) is 0 Å². The molecule has 1 saturated carbocycles. The van der Waals surface area contributed by atoms with Gasteiger partial charge in [-0.05, 0) is 62.6 Å². The lowest BCUT2D eigenvalue weighted by Gasteiger charge is -2.29. The summed E-state index contributed by atoms with van der Waals surface area (Å²) in [4.78, 5) is 26.6. The molecule has 7 nitrogen and oxygen atoms in total. The maximum Gasteiger partial charge on any atom is 0.256 e. The molecule has 2 fully saturated rings. The molecule has 2 atom stereocenters. The first-order valence-corrected chi connectivity index (χ1v) is 13.6.